The molecule has 0 unspecified atom stereocenters. The number of carbonyl (C=O) groups is 1. The summed E-state index contributed by atoms with van der Waals surface area (Å²) < 4.78 is 1.15. The molecular formula is C10H8N2O3. The van der Waals surface area contributed by atoms with E-state index in [9.17, 15) is 9.59 Å². The van der Waals surface area contributed by atoms with Gasteiger partial charge >= 0.3 is 5.97 Å². The molecule has 0 aromatic carbocycles. The third kappa shape index (κ3) is 1.71. The summed E-state index contributed by atoms with van der Waals surface area (Å²) >= 11 is 0. The number of carboxylic acid groups (broad SMARTS) is 1. The molecule has 0 fully saturated rings. The molecule has 0 radical (unpaired) electrons. The summed E-state index contributed by atoms with van der Waals surface area (Å²) in [5.41, 5.74) is 0.243. The fourth-order valence-electron chi connectivity index (χ4n) is 1.38. The van der Waals surface area contributed by atoms with Gasteiger partial charge in [0.25, 0.3) is 5.56 Å². The number of nitrogens with zero attached hydrogens (tertiary/aromatic N) is 2. The molecule has 0 spiro atoms. The first-order valence-corrected chi connectivity index (χ1v) is 4.34. The Hall–Kier alpha value is -2.17. The van der Waals surface area contributed by atoms with Crippen LogP contribution in [0.2, 0.25) is 0 Å². The summed E-state index contributed by atoms with van der Waals surface area (Å²) in [6.07, 6.45) is 3.02. The Morgan fingerprint density at radius 2 is 2.27 bits per heavy atom. The SMILES string of the molecule is O=C(O)Cn1ccc2ncccc2c1=O. The van der Waals surface area contributed by atoms with E-state index in [-0.39, 0.29) is 12.1 Å². The Morgan fingerprint density at radius 3 is 3.00 bits per heavy atom. The molecule has 2 aromatic heterocycles. The highest BCUT2D eigenvalue weighted by Crippen LogP contribution is 2.04. The van der Waals surface area contributed by atoms with Gasteiger partial charge in [0.05, 0.1) is 10.9 Å². The molecule has 0 atom stereocenters. The molecule has 0 saturated heterocycles. The van der Waals surface area contributed by atoms with Gasteiger partial charge in [-0.15, -0.1) is 0 Å². The molecule has 5 nitrogen and oxygen atoms in total. The van der Waals surface area contributed by atoms with Crippen LogP contribution in [0.25, 0.3) is 10.9 Å². The average molecular weight is 204 g/mol. The fraction of sp³-hybridized carbons (Fsp3) is 0.100. The minimum Gasteiger partial charge on any atom is -0.480 e. The molecule has 0 aliphatic rings. The van der Waals surface area contributed by atoms with Crippen LogP contribution in [0, 0.1) is 0 Å². The lowest BCUT2D eigenvalue weighted by molar-refractivity contribution is -0.137. The highest BCUT2D eigenvalue weighted by Gasteiger charge is 2.05. The zero-order chi connectivity index (χ0) is 10.8. The quantitative estimate of drug-likeness (QED) is 0.772. The number of hydrogen-bond donors (Lipinski definition) is 1. The van der Waals surface area contributed by atoms with Crippen molar-refractivity contribution in [1.82, 2.24) is 9.55 Å². The first kappa shape index (κ1) is 9.39. The van der Waals surface area contributed by atoms with Crippen LogP contribution in [0.1, 0.15) is 0 Å². The van der Waals surface area contributed by atoms with Gasteiger partial charge in [-0.2, -0.15) is 0 Å². The predicted molar refractivity (Wildman–Crippen MR) is 53.6 cm³/mol. The van der Waals surface area contributed by atoms with Gasteiger partial charge in [-0.3, -0.25) is 14.6 Å². The van der Waals surface area contributed by atoms with Crippen LogP contribution in [-0.2, 0) is 11.3 Å². The van der Waals surface area contributed by atoms with Gasteiger partial charge in [-0.05, 0) is 18.2 Å². The van der Waals surface area contributed by atoms with Crippen molar-refractivity contribution in [3.63, 3.8) is 0 Å². The zero-order valence-electron chi connectivity index (χ0n) is 7.75. The summed E-state index contributed by atoms with van der Waals surface area (Å²) in [5, 5.41) is 9.02. The lowest BCUT2D eigenvalue weighted by atomic mass is 10.2. The predicted octanol–water partition coefficient (Wildman–Crippen LogP) is 0.481. The first-order chi connectivity index (χ1) is 7.18. The summed E-state index contributed by atoms with van der Waals surface area (Å²) in [7, 11) is 0. The standard InChI is InChI=1S/C10H8N2O3/c13-9(14)6-12-5-3-8-7(10(12)15)2-1-4-11-8/h1-5H,6H2,(H,13,14). The Balaban J connectivity index is 2.65. The Kier molecular flexibility index (Phi) is 2.21. The van der Waals surface area contributed by atoms with E-state index >= 15 is 0 Å². The van der Waals surface area contributed by atoms with Crippen LogP contribution in [0.3, 0.4) is 0 Å². The minimum atomic E-state index is -1.04. The maximum atomic E-state index is 11.7. The molecule has 2 heterocycles. The topological polar surface area (TPSA) is 72.2 Å². The number of hydrogen-bond acceptors (Lipinski definition) is 3. The van der Waals surface area contributed by atoms with E-state index in [1.807, 2.05) is 0 Å². The summed E-state index contributed by atoms with van der Waals surface area (Å²) in [4.78, 5) is 26.2. The molecule has 2 rings (SSSR count). The van der Waals surface area contributed by atoms with Crippen molar-refractivity contribution in [2.75, 3.05) is 0 Å². The van der Waals surface area contributed by atoms with Crippen LogP contribution >= 0.6 is 0 Å². The third-order valence-electron chi connectivity index (χ3n) is 2.05. The highest BCUT2D eigenvalue weighted by atomic mass is 16.4. The largest absolute Gasteiger partial charge is 0.480 e. The van der Waals surface area contributed by atoms with E-state index in [4.69, 9.17) is 5.11 Å². The second-order valence-electron chi connectivity index (χ2n) is 3.08. The van der Waals surface area contributed by atoms with Crippen molar-refractivity contribution in [2.45, 2.75) is 6.54 Å². The van der Waals surface area contributed by atoms with E-state index in [1.165, 1.54) is 6.20 Å². The zero-order valence-corrected chi connectivity index (χ0v) is 7.75. The van der Waals surface area contributed by atoms with Crippen LogP contribution in [0.15, 0.2) is 35.4 Å². The molecule has 0 aliphatic carbocycles. The van der Waals surface area contributed by atoms with Crippen molar-refractivity contribution < 1.29 is 9.90 Å². The fourth-order valence-corrected chi connectivity index (χ4v) is 1.38. The minimum absolute atomic E-state index is 0.330. The number of pyridine rings is 2. The maximum Gasteiger partial charge on any atom is 0.323 e. The van der Waals surface area contributed by atoms with E-state index in [0.29, 0.717) is 10.9 Å². The smallest absolute Gasteiger partial charge is 0.323 e. The van der Waals surface area contributed by atoms with Crippen LogP contribution in [-0.4, -0.2) is 20.6 Å². The molecular weight excluding hydrogens is 196 g/mol. The van der Waals surface area contributed by atoms with Crippen LogP contribution in [0.4, 0.5) is 0 Å². The van der Waals surface area contributed by atoms with Gasteiger partial charge in [-0.25, -0.2) is 0 Å². The second kappa shape index (κ2) is 3.53. The first-order valence-electron chi connectivity index (χ1n) is 4.34. The van der Waals surface area contributed by atoms with Crippen molar-refractivity contribution >= 4 is 16.9 Å². The van der Waals surface area contributed by atoms with Crippen molar-refractivity contribution in [3.05, 3.63) is 40.9 Å². The van der Waals surface area contributed by atoms with E-state index in [1.54, 1.807) is 24.4 Å². The highest BCUT2D eigenvalue weighted by molar-refractivity contribution is 5.77. The second-order valence-corrected chi connectivity index (χ2v) is 3.08. The summed E-state index contributed by atoms with van der Waals surface area (Å²) in [5.74, 6) is -1.04. The molecule has 0 bridgehead atoms. The summed E-state index contributed by atoms with van der Waals surface area (Å²) in [6.45, 7) is -0.330. The van der Waals surface area contributed by atoms with Crippen LogP contribution in [0.5, 0.6) is 0 Å². The monoisotopic (exact) mass is 204 g/mol. The normalized spacial score (nSPS) is 10.4. The van der Waals surface area contributed by atoms with Crippen molar-refractivity contribution in [1.29, 1.82) is 0 Å². The number of rotatable bonds is 2. The molecule has 0 aliphatic heterocycles. The van der Waals surface area contributed by atoms with Crippen LogP contribution < -0.4 is 5.56 Å². The molecule has 0 amide bonds. The van der Waals surface area contributed by atoms with Gasteiger partial charge in [-0.1, -0.05) is 0 Å². The van der Waals surface area contributed by atoms with Gasteiger partial charge in [0, 0.05) is 12.4 Å². The summed E-state index contributed by atoms with van der Waals surface area (Å²) in [6, 6.07) is 4.90. The van der Waals surface area contributed by atoms with E-state index in [0.717, 1.165) is 4.57 Å². The van der Waals surface area contributed by atoms with Crippen molar-refractivity contribution in [3.8, 4) is 0 Å². The molecule has 5 heteroatoms. The number of aliphatic carboxylic acids is 1. The maximum absolute atomic E-state index is 11.7. The Labute approximate surface area is 84.6 Å². The van der Waals surface area contributed by atoms with Gasteiger partial charge in [0.1, 0.15) is 6.54 Å². The molecule has 0 saturated carbocycles. The lowest BCUT2D eigenvalue weighted by Crippen LogP contribution is -2.23. The Morgan fingerprint density at radius 1 is 1.47 bits per heavy atom. The van der Waals surface area contributed by atoms with Crippen molar-refractivity contribution in [2.24, 2.45) is 0 Å². The van der Waals surface area contributed by atoms with E-state index in [2.05, 4.69) is 4.98 Å². The lowest BCUT2D eigenvalue weighted by Gasteiger charge is -2.02. The molecule has 76 valence electrons. The van der Waals surface area contributed by atoms with Gasteiger partial charge < -0.3 is 9.67 Å². The molecule has 1 N–H and O–H groups in total. The average Bonchev–Trinajstić information content (AvgIpc) is 2.22. The number of aromatic nitrogens is 2. The molecule has 2 aromatic rings. The van der Waals surface area contributed by atoms with Gasteiger partial charge in [0.2, 0.25) is 0 Å². The molecule has 15 heavy (non-hydrogen) atoms. The van der Waals surface area contributed by atoms with E-state index < -0.39 is 5.97 Å². The number of fused-ring (bicyclic) bond motifs is 1. The third-order valence-corrected chi connectivity index (χ3v) is 2.05. The Bertz CT molecular complexity index is 574. The van der Waals surface area contributed by atoms with Gasteiger partial charge in [0.15, 0.2) is 0 Å². The number of carboxylic acids is 1.